The van der Waals surface area contributed by atoms with Gasteiger partial charge >= 0.3 is 0 Å². The Kier molecular flexibility index (Phi) is 3.09. The summed E-state index contributed by atoms with van der Waals surface area (Å²) in [7, 11) is 1.46. The summed E-state index contributed by atoms with van der Waals surface area (Å²) in [6.07, 6.45) is 0. The lowest BCUT2D eigenvalue weighted by Crippen LogP contribution is -2.22. The molecule has 0 aliphatic rings. The molecule has 74 valence electrons. The van der Waals surface area contributed by atoms with Crippen LogP contribution in [0, 0.1) is 0 Å². The average Bonchev–Trinajstić information content (AvgIpc) is 2.16. The summed E-state index contributed by atoms with van der Waals surface area (Å²) in [5, 5.41) is 0.264. The topological polar surface area (TPSA) is 69.4 Å². The summed E-state index contributed by atoms with van der Waals surface area (Å²) in [5.41, 5.74) is 4.98. The molecule has 1 rings (SSSR count). The van der Waals surface area contributed by atoms with Gasteiger partial charge in [-0.15, -0.1) is 0 Å². The Bertz CT molecular complexity index is 390. The zero-order valence-electron chi connectivity index (χ0n) is 7.41. The van der Waals surface area contributed by atoms with Gasteiger partial charge in [-0.25, -0.2) is 0 Å². The number of hydrogen-bond acceptors (Lipinski definition) is 3. The molecule has 0 aliphatic carbocycles. The van der Waals surface area contributed by atoms with Crippen molar-refractivity contribution in [3.05, 3.63) is 28.8 Å². The summed E-state index contributed by atoms with van der Waals surface area (Å²) in [5.74, 6) is -1.34. The fourth-order valence-electron chi connectivity index (χ4n) is 0.950. The minimum Gasteiger partial charge on any atom is -0.495 e. The molecule has 1 aromatic rings. The van der Waals surface area contributed by atoms with E-state index >= 15 is 0 Å². The second-order valence-electron chi connectivity index (χ2n) is 2.54. The number of methoxy groups -OCH3 is 1. The number of Topliss-reactive ketones (excluding diaryl/α,β-unsaturated/α-hetero) is 1. The van der Waals surface area contributed by atoms with Gasteiger partial charge in [-0.2, -0.15) is 0 Å². The maximum Gasteiger partial charge on any atom is 0.289 e. The van der Waals surface area contributed by atoms with E-state index in [-0.39, 0.29) is 10.6 Å². The number of hydrogen-bond donors (Lipinski definition) is 1. The van der Waals surface area contributed by atoms with Crippen LogP contribution in [-0.2, 0) is 4.79 Å². The Labute approximate surface area is 85.6 Å². The molecule has 1 amide bonds. The molecule has 0 heterocycles. The first kappa shape index (κ1) is 10.5. The van der Waals surface area contributed by atoms with Crippen molar-refractivity contribution in [2.45, 2.75) is 0 Å². The number of halogens is 1. The lowest BCUT2D eigenvalue weighted by molar-refractivity contribution is -0.114. The maximum atomic E-state index is 11.1. The van der Waals surface area contributed by atoms with Gasteiger partial charge in [0.1, 0.15) is 5.75 Å². The highest BCUT2D eigenvalue weighted by Crippen LogP contribution is 2.24. The maximum absolute atomic E-state index is 11.1. The fraction of sp³-hybridized carbons (Fsp3) is 0.111. The molecular weight excluding hydrogens is 206 g/mol. The Morgan fingerprint density at radius 1 is 1.43 bits per heavy atom. The van der Waals surface area contributed by atoms with E-state index in [9.17, 15) is 9.59 Å². The van der Waals surface area contributed by atoms with E-state index in [4.69, 9.17) is 22.1 Å². The molecule has 2 N–H and O–H groups in total. The lowest BCUT2D eigenvalue weighted by atomic mass is 10.1. The van der Waals surface area contributed by atoms with Crippen molar-refractivity contribution in [2.24, 2.45) is 5.73 Å². The van der Waals surface area contributed by atoms with Crippen LogP contribution in [0.4, 0.5) is 0 Å². The van der Waals surface area contributed by atoms with Crippen LogP contribution in [0.1, 0.15) is 10.4 Å². The van der Waals surface area contributed by atoms with Gasteiger partial charge in [0.25, 0.3) is 5.91 Å². The quantitative estimate of drug-likeness (QED) is 0.602. The first-order valence-corrected chi connectivity index (χ1v) is 4.11. The van der Waals surface area contributed by atoms with Crippen LogP contribution in [0.2, 0.25) is 5.02 Å². The molecule has 0 radical (unpaired) electrons. The van der Waals surface area contributed by atoms with Crippen LogP contribution >= 0.6 is 11.6 Å². The van der Waals surface area contributed by atoms with Crippen LogP contribution in [0.5, 0.6) is 5.75 Å². The van der Waals surface area contributed by atoms with Gasteiger partial charge in [0.05, 0.1) is 12.1 Å². The molecule has 0 spiro atoms. The van der Waals surface area contributed by atoms with Crippen LogP contribution in [0.25, 0.3) is 0 Å². The number of carbonyl (C=O) groups excluding carboxylic acids is 2. The monoisotopic (exact) mass is 213 g/mol. The fourth-order valence-corrected chi connectivity index (χ4v) is 1.21. The van der Waals surface area contributed by atoms with E-state index in [0.29, 0.717) is 5.75 Å². The van der Waals surface area contributed by atoms with E-state index in [2.05, 4.69) is 0 Å². The van der Waals surface area contributed by atoms with Gasteiger partial charge in [-0.05, 0) is 18.2 Å². The average molecular weight is 214 g/mol. The van der Waals surface area contributed by atoms with E-state index in [0.717, 1.165) is 0 Å². The molecule has 0 atom stereocenters. The van der Waals surface area contributed by atoms with Gasteiger partial charge in [-0.3, -0.25) is 9.59 Å². The number of ether oxygens (including phenoxy) is 1. The molecule has 14 heavy (non-hydrogen) atoms. The third-order valence-corrected chi connectivity index (χ3v) is 1.93. The molecule has 1 aromatic carbocycles. The number of nitrogens with two attached hydrogens (primary N) is 1. The molecule has 0 saturated heterocycles. The summed E-state index contributed by atoms with van der Waals surface area (Å²) in [6.45, 7) is 0. The zero-order chi connectivity index (χ0) is 10.7. The molecule has 4 nitrogen and oxygen atoms in total. The molecule has 0 aliphatic heterocycles. The van der Waals surface area contributed by atoms with Gasteiger partial charge in [0.15, 0.2) is 0 Å². The third-order valence-electron chi connectivity index (χ3n) is 1.64. The summed E-state index contributed by atoms with van der Waals surface area (Å²) in [4.78, 5) is 21.7. The molecule has 5 heteroatoms. The number of ketones is 1. The molecule has 0 fully saturated rings. The van der Waals surface area contributed by atoms with Crippen LogP contribution in [0.3, 0.4) is 0 Å². The number of primary amides is 1. The summed E-state index contributed by atoms with van der Waals surface area (Å²) in [6, 6.07) is 4.27. The highest BCUT2D eigenvalue weighted by atomic mass is 35.5. The van der Waals surface area contributed by atoms with Gasteiger partial charge in [0.2, 0.25) is 5.78 Å². The predicted molar refractivity (Wildman–Crippen MR) is 51.5 cm³/mol. The third kappa shape index (κ3) is 2.03. The minimum atomic E-state index is -1.01. The van der Waals surface area contributed by atoms with Crippen molar-refractivity contribution in [1.82, 2.24) is 0 Å². The number of carbonyl (C=O) groups is 2. The van der Waals surface area contributed by atoms with Crippen molar-refractivity contribution in [2.75, 3.05) is 7.11 Å². The first-order valence-electron chi connectivity index (χ1n) is 3.74. The molecule has 0 bridgehead atoms. The van der Waals surface area contributed by atoms with Gasteiger partial charge in [-0.1, -0.05) is 11.6 Å². The largest absolute Gasteiger partial charge is 0.495 e. The first-order chi connectivity index (χ1) is 6.56. The predicted octanol–water partition coefficient (Wildman–Crippen LogP) is 1.02. The normalized spacial score (nSPS) is 9.57. The second-order valence-corrected chi connectivity index (χ2v) is 2.95. The van der Waals surface area contributed by atoms with E-state index in [1.54, 1.807) is 0 Å². The Hall–Kier alpha value is -1.55. The Balaban J connectivity index is 3.09. The smallest absolute Gasteiger partial charge is 0.289 e. The van der Waals surface area contributed by atoms with Crippen LogP contribution in [0.15, 0.2) is 18.2 Å². The highest BCUT2D eigenvalue weighted by molar-refractivity contribution is 6.43. The molecule has 0 saturated carbocycles. The van der Waals surface area contributed by atoms with Crippen molar-refractivity contribution in [1.29, 1.82) is 0 Å². The van der Waals surface area contributed by atoms with E-state index in [1.165, 1.54) is 25.3 Å². The summed E-state index contributed by atoms with van der Waals surface area (Å²) >= 11 is 5.75. The van der Waals surface area contributed by atoms with Crippen LogP contribution < -0.4 is 10.5 Å². The lowest BCUT2D eigenvalue weighted by Gasteiger charge is -2.03. The second kappa shape index (κ2) is 4.11. The van der Waals surface area contributed by atoms with Crippen LogP contribution in [-0.4, -0.2) is 18.8 Å². The highest BCUT2D eigenvalue weighted by Gasteiger charge is 2.13. The van der Waals surface area contributed by atoms with Crippen molar-refractivity contribution in [3.63, 3.8) is 0 Å². The van der Waals surface area contributed by atoms with Crippen molar-refractivity contribution < 1.29 is 14.3 Å². The Morgan fingerprint density at radius 2 is 2.07 bits per heavy atom. The van der Waals surface area contributed by atoms with Crippen molar-refractivity contribution in [3.8, 4) is 5.75 Å². The van der Waals surface area contributed by atoms with E-state index in [1.807, 2.05) is 0 Å². The SMILES string of the molecule is COc1ccc(C(=O)C(N)=O)cc1Cl. The number of amides is 1. The number of benzene rings is 1. The standard InChI is InChI=1S/C9H8ClNO3/c1-14-7-3-2-5(4-6(7)10)8(12)9(11)13/h2-4H,1H3,(H2,11,13). The molecular formula is C9H8ClNO3. The molecule has 0 aromatic heterocycles. The Morgan fingerprint density at radius 3 is 2.50 bits per heavy atom. The zero-order valence-corrected chi connectivity index (χ0v) is 8.17. The molecule has 0 unspecified atom stereocenters. The number of rotatable bonds is 3. The van der Waals surface area contributed by atoms with E-state index < -0.39 is 11.7 Å². The van der Waals surface area contributed by atoms with Gasteiger partial charge in [0, 0.05) is 5.56 Å². The summed E-state index contributed by atoms with van der Waals surface area (Å²) < 4.78 is 4.88. The van der Waals surface area contributed by atoms with Crippen molar-refractivity contribution >= 4 is 23.3 Å². The van der Waals surface area contributed by atoms with Gasteiger partial charge < -0.3 is 10.5 Å². The minimum absolute atomic E-state index is 0.156.